The molecule has 1 aromatic carbocycles. The zero-order chi connectivity index (χ0) is 14.6. The zero-order valence-corrected chi connectivity index (χ0v) is 11.7. The Hall–Kier alpha value is -2.30. The van der Waals surface area contributed by atoms with Crippen LogP contribution in [0, 0.1) is 18.8 Å². The number of anilines is 1. The molecule has 1 aromatic heterocycles. The molecule has 104 valence electrons. The van der Waals surface area contributed by atoms with Crippen molar-refractivity contribution in [1.82, 2.24) is 10.2 Å². The molecule has 20 heavy (non-hydrogen) atoms. The minimum Gasteiger partial charge on any atom is -0.320 e. The van der Waals surface area contributed by atoms with E-state index in [1.807, 2.05) is 13.0 Å². The molecule has 0 aliphatic carbocycles. The summed E-state index contributed by atoms with van der Waals surface area (Å²) in [6, 6.07) is 6.62. The van der Waals surface area contributed by atoms with Gasteiger partial charge in [0.1, 0.15) is 0 Å². The van der Waals surface area contributed by atoms with Crippen molar-refractivity contribution in [2.24, 2.45) is 5.73 Å². The number of aromatic amines is 1. The van der Waals surface area contributed by atoms with Crippen LogP contribution in [0.4, 0.5) is 5.69 Å². The second kappa shape index (κ2) is 5.77. The average molecular weight is 290 g/mol. The van der Waals surface area contributed by atoms with Crippen molar-refractivity contribution in [3.63, 3.8) is 0 Å². The van der Waals surface area contributed by atoms with Crippen LogP contribution in [0.5, 0.6) is 0 Å². The van der Waals surface area contributed by atoms with Gasteiger partial charge in [-0.3, -0.25) is 9.82 Å². The van der Waals surface area contributed by atoms with Crippen molar-refractivity contribution < 1.29 is 8.42 Å². The van der Waals surface area contributed by atoms with E-state index < -0.39 is 10.0 Å². The molecule has 0 saturated carbocycles. The molecule has 0 spiro atoms. The Balaban J connectivity index is 2.32. The molecule has 0 unspecified atom stereocenters. The smallest absolute Gasteiger partial charge is 0.278 e. The minimum atomic E-state index is -3.66. The summed E-state index contributed by atoms with van der Waals surface area (Å²) in [6.07, 6.45) is 1.38. The Labute approximate surface area is 117 Å². The molecule has 0 aliphatic heterocycles. The molecule has 0 aliphatic rings. The standard InChI is InChI=1S/C13H14N4O2S/c1-10-7-11(3-2-5-14)9-12(8-10)17-20(18,19)13-4-6-15-16-13/h4,6-9,17H,5,14H2,1H3,(H,15,16). The van der Waals surface area contributed by atoms with Crippen LogP contribution in [-0.4, -0.2) is 25.2 Å². The van der Waals surface area contributed by atoms with Crippen molar-refractivity contribution in [3.05, 3.63) is 41.6 Å². The lowest BCUT2D eigenvalue weighted by Gasteiger charge is -2.07. The van der Waals surface area contributed by atoms with Crippen LogP contribution in [-0.2, 0) is 10.0 Å². The third-order valence-corrected chi connectivity index (χ3v) is 3.74. The van der Waals surface area contributed by atoms with E-state index >= 15 is 0 Å². The van der Waals surface area contributed by atoms with Crippen LogP contribution in [0.1, 0.15) is 11.1 Å². The number of rotatable bonds is 3. The van der Waals surface area contributed by atoms with Crippen LogP contribution in [0.3, 0.4) is 0 Å². The lowest BCUT2D eigenvalue weighted by Crippen LogP contribution is -2.13. The lowest BCUT2D eigenvalue weighted by molar-refractivity contribution is 0.597. The molecule has 0 bridgehead atoms. The number of nitrogens with two attached hydrogens (primary N) is 1. The second-order valence-electron chi connectivity index (χ2n) is 4.12. The Morgan fingerprint density at radius 1 is 1.40 bits per heavy atom. The van der Waals surface area contributed by atoms with Crippen LogP contribution in [0.15, 0.2) is 35.5 Å². The fourth-order valence-corrected chi connectivity index (χ4v) is 2.62. The first-order valence-electron chi connectivity index (χ1n) is 5.84. The molecular weight excluding hydrogens is 276 g/mol. The number of hydrogen-bond donors (Lipinski definition) is 3. The van der Waals surface area contributed by atoms with Crippen molar-refractivity contribution >= 4 is 15.7 Å². The van der Waals surface area contributed by atoms with Gasteiger partial charge in [0.15, 0.2) is 5.03 Å². The predicted molar refractivity (Wildman–Crippen MR) is 76.5 cm³/mol. The molecule has 0 fully saturated rings. The van der Waals surface area contributed by atoms with E-state index in [-0.39, 0.29) is 11.6 Å². The summed E-state index contributed by atoms with van der Waals surface area (Å²) in [5.74, 6) is 5.61. The quantitative estimate of drug-likeness (QED) is 0.729. The second-order valence-corrected chi connectivity index (χ2v) is 5.77. The van der Waals surface area contributed by atoms with Crippen molar-refractivity contribution in [1.29, 1.82) is 0 Å². The molecule has 0 amide bonds. The number of aryl methyl sites for hydroxylation is 1. The number of benzene rings is 1. The van der Waals surface area contributed by atoms with Crippen molar-refractivity contribution in [2.45, 2.75) is 11.9 Å². The average Bonchev–Trinajstić information content (AvgIpc) is 2.89. The van der Waals surface area contributed by atoms with Gasteiger partial charge in [-0.05, 0) is 36.8 Å². The van der Waals surface area contributed by atoms with E-state index in [2.05, 4.69) is 26.8 Å². The van der Waals surface area contributed by atoms with Crippen molar-refractivity contribution in [2.75, 3.05) is 11.3 Å². The van der Waals surface area contributed by atoms with E-state index in [0.29, 0.717) is 11.3 Å². The molecular formula is C13H14N4O2S. The van der Waals surface area contributed by atoms with Gasteiger partial charge in [-0.15, -0.1) is 0 Å². The number of nitrogens with zero attached hydrogens (tertiary/aromatic N) is 1. The topological polar surface area (TPSA) is 101 Å². The van der Waals surface area contributed by atoms with Crippen LogP contribution < -0.4 is 10.5 Å². The van der Waals surface area contributed by atoms with Gasteiger partial charge in [0.25, 0.3) is 10.0 Å². The zero-order valence-electron chi connectivity index (χ0n) is 10.8. The summed E-state index contributed by atoms with van der Waals surface area (Å²) >= 11 is 0. The SMILES string of the molecule is Cc1cc(C#CCN)cc(NS(=O)(=O)c2ccn[nH]2)c1. The van der Waals surface area contributed by atoms with Gasteiger partial charge in [-0.2, -0.15) is 13.5 Å². The van der Waals surface area contributed by atoms with Crippen molar-refractivity contribution in [3.8, 4) is 11.8 Å². The lowest BCUT2D eigenvalue weighted by atomic mass is 10.1. The Bertz CT molecular complexity index is 755. The van der Waals surface area contributed by atoms with E-state index in [1.165, 1.54) is 12.3 Å². The van der Waals surface area contributed by atoms with E-state index in [4.69, 9.17) is 5.73 Å². The molecule has 2 aromatic rings. The third kappa shape index (κ3) is 3.38. The highest BCUT2D eigenvalue weighted by Gasteiger charge is 2.15. The molecule has 6 nitrogen and oxygen atoms in total. The maximum absolute atomic E-state index is 12.1. The Morgan fingerprint density at radius 3 is 2.85 bits per heavy atom. The fourth-order valence-electron chi connectivity index (χ4n) is 1.67. The number of hydrogen-bond acceptors (Lipinski definition) is 4. The van der Waals surface area contributed by atoms with E-state index in [9.17, 15) is 8.42 Å². The van der Waals surface area contributed by atoms with Gasteiger partial charge in [0.2, 0.25) is 0 Å². The van der Waals surface area contributed by atoms with Gasteiger partial charge >= 0.3 is 0 Å². The highest BCUT2D eigenvalue weighted by atomic mass is 32.2. The molecule has 1 heterocycles. The summed E-state index contributed by atoms with van der Waals surface area (Å²) < 4.78 is 26.6. The fraction of sp³-hybridized carbons (Fsp3) is 0.154. The minimum absolute atomic E-state index is 0.00796. The molecule has 2 rings (SSSR count). The first-order valence-corrected chi connectivity index (χ1v) is 7.32. The van der Waals surface area contributed by atoms with Crippen LogP contribution >= 0.6 is 0 Å². The number of H-pyrrole nitrogens is 1. The number of sulfonamides is 1. The summed E-state index contributed by atoms with van der Waals surface area (Å²) in [5.41, 5.74) is 7.37. The molecule has 0 saturated heterocycles. The van der Waals surface area contributed by atoms with Gasteiger partial charge < -0.3 is 5.73 Å². The predicted octanol–water partition coefficient (Wildman–Crippen LogP) is 0.829. The van der Waals surface area contributed by atoms with E-state index in [1.54, 1.807) is 12.1 Å². The largest absolute Gasteiger partial charge is 0.320 e. The maximum Gasteiger partial charge on any atom is 0.278 e. The Kier molecular flexibility index (Phi) is 4.08. The summed E-state index contributed by atoms with van der Waals surface area (Å²) in [7, 11) is -3.66. The van der Waals surface area contributed by atoms with Gasteiger partial charge in [-0.25, -0.2) is 0 Å². The molecule has 0 radical (unpaired) electrons. The highest BCUT2D eigenvalue weighted by Crippen LogP contribution is 2.17. The van der Waals surface area contributed by atoms with E-state index in [0.717, 1.165) is 5.56 Å². The van der Waals surface area contributed by atoms with Crippen LogP contribution in [0.2, 0.25) is 0 Å². The van der Waals surface area contributed by atoms with Gasteiger partial charge in [0, 0.05) is 5.56 Å². The summed E-state index contributed by atoms with van der Waals surface area (Å²) in [4.78, 5) is 0. The Morgan fingerprint density at radius 2 is 2.20 bits per heavy atom. The summed E-state index contributed by atoms with van der Waals surface area (Å²) in [6.45, 7) is 2.12. The molecule has 4 N–H and O–H groups in total. The number of aromatic nitrogens is 2. The van der Waals surface area contributed by atoms with Crippen LogP contribution in [0.25, 0.3) is 0 Å². The maximum atomic E-state index is 12.1. The number of nitrogens with one attached hydrogen (secondary N) is 2. The molecule has 7 heteroatoms. The molecule has 0 atom stereocenters. The highest BCUT2D eigenvalue weighted by molar-refractivity contribution is 7.92. The first-order chi connectivity index (χ1) is 9.51. The van der Waals surface area contributed by atoms with Gasteiger partial charge in [0.05, 0.1) is 18.4 Å². The summed E-state index contributed by atoms with van der Waals surface area (Å²) in [5, 5.41) is 6.05. The third-order valence-electron chi connectivity index (χ3n) is 2.43. The first kappa shape index (κ1) is 14.1. The van der Waals surface area contributed by atoms with Gasteiger partial charge in [-0.1, -0.05) is 11.8 Å². The normalized spacial score (nSPS) is 10.7. The monoisotopic (exact) mass is 290 g/mol.